The molecule has 2 aromatic rings. The van der Waals surface area contributed by atoms with Crippen molar-refractivity contribution in [3.63, 3.8) is 0 Å². The second-order valence-electron chi connectivity index (χ2n) is 7.68. The molecule has 182 valence electrons. The fourth-order valence-corrected chi connectivity index (χ4v) is 5.70. The highest BCUT2D eigenvalue weighted by atomic mass is 32.2. The predicted molar refractivity (Wildman–Crippen MR) is 122 cm³/mol. The number of ether oxygens (including phenoxy) is 3. The molecule has 2 aromatic carbocycles. The van der Waals surface area contributed by atoms with Gasteiger partial charge in [0.05, 0.1) is 37.4 Å². The van der Waals surface area contributed by atoms with Crippen molar-refractivity contribution in [2.45, 2.75) is 30.7 Å². The average Bonchev–Trinajstić information content (AvgIpc) is 3.34. The zero-order valence-electron chi connectivity index (χ0n) is 19.3. The summed E-state index contributed by atoms with van der Waals surface area (Å²) < 4.78 is 42.6. The van der Waals surface area contributed by atoms with Crippen LogP contribution in [-0.4, -0.2) is 64.5 Å². The molecule has 1 unspecified atom stereocenters. The molecule has 1 heterocycles. The van der Waals surface area contributed by atoms with Crippen LogP contribution in [0.1, 0.15) is 39.1 Å². The molecule has 3 rings (SSSR count). The van der Waals surface area contributed by atoms with E-state index in [0.29, 0.717) is 24.2 Å². The lowest BCUT2D eigenvalue weighted by Gasteiger charge is -2.24. The Kier molecular flexibility index (Phi) is 7.57. The van der Waals surface area contributed by atoms with Crippen LogP contribution in [-0.2, 0) is 24.3 Å². The average molecular weight is 491 g/mol. The van der Waals surface area contributed by atoms with E-state index < -0.39 is 33.9 Å². The number of nitrogens with one attached hydrogen (secondary N) is 1. The minimum Gasteiger partial charge on any atom is -0.497 e. The van der Waals surface area contributed by atoms with Gasteiger partial charge in [-0.1, -0.05) is 6.07 Å². The number of carbonyl (C=O) groups excluding carboxylic acids is 3. The molecule has 0 radical (unpaired) electrons. The fraction of sp³-hybridized carbons (Fsp3) is 0.348. The number of carbonyl (C=O) groups is 3. The zero-order valence-corrected chi connectivity index (χ0v) is 20.1. The van der Waals surface area contributed by atoms with E-state index in [0.717, 1.165) is 4.31 Å². The zero-order chi connectivity index (χ0) is 25.0. The number of aryl methyl sites for hydroxylation is 1. The predicted octanol–water partition coefficient (Wildman–Crippen LogP) is 2.37. The standard InChI is InChI=1S/C23H26N2O8S/c1-14-7-8-18(31-2)13-20(14)34(29,30)25-9-5-6-19(25)21(26)24-17-11-15(22(27)32-3)10-16(12-17)23(28)33-4/h7-8,10-13,19H,5-6,9H2,1-4H3,(H,24,26). The molecule has 0 spiro atoms. The Morgan fingerprint density at radius 2 is 1.59 bits per heavy atom. The summed E-state index contributed by atoms with van der Waals surface area (Å²) in [6.07, 6.45) is 0.810. The summed E-state index contributed by atoms with van der Waals surface area (Å²) in [5.41, 5.74) is 0.725. The lowest BCUT2D eigenvalue weighted by molar-refractivity contribution is -0.119. The van der Waals surface area contributed by atoms with Crippen LogP contribution < -0.4 is 10.1 Å². The number of amides is 1. The number of sulfonamides is 1. The molecule has 34 heavy (non-hydrogen) atoms. The van der Waals surface area contributed by atoms with E-state index in [9.17, 15) is 22.8 Å². The van der Waals surface area contributed by atoms with Crippen LogP contribution >= 0.6 is 0 Å². The normalized spacial score (nSPS) is 16.1. The highest BCUT2D eigenvalue weighted by Gasteiger charge is 2.40. The summed E-state index contributed by atoms with van der Waals surface area (Å²) in [6.45, 7) is 1.84. The lowest BCUT2D eigenvalue weighted by Crippen LogP contribution is -2.43. The molecule has 1 aliphatic heterocycles. The smallest absolute Gasteiger partial charge is 0.337 e. The number of esters is 2. The maximum Gasteiger partial charge on any atom is 0.337 e. The molecule has 0 aliphatic carbocycles. The second kappa shape index (κ2) is 10.2. The van der Waals surface area contributed by atoms with Crippen molar-refractivity contribution in [3.8, 4) is 5.75 Å². The van der Waals surface area contributed by atoms with Crippen molar-refractivity contribution in [1.82, 2.24) is 4.31 Å². The van der Waals surface area contributed by atoms with Crippen LogP contribution in [0, 0.1) is 6.92 Å². The van der Waals surface area contributed by atoms with Gasteiger partial charge in [0, 0.05) is 18.3 Å². The fourth-order valence-electron chi connectivity index (χ4n) is 3.80. The maximum absolute atomic E-state index is 13.4. The summed E-state index contributed by atoms with van der Waals surface area (Å²) in [5, 5.41) is 2.63. The number of nitrogens with zero attached hydrogens (tertiary/aromatic N) is 1. The Balaban J connectivity index is 1.92. The van der Waals surface area contributed by atoms with Crippen LogP contribution in [0.15, 0.2) is 41.3 Å². The molecule has 1 aliphatic rings. The largest absolute Gasteiger partial charge is 0.497 e. The molecule has 0 saturated carbocycles. The Labute approximate surface area is 197 Å². The van der Waals surface area contributed by atoms with Crippen molar-refractivity contribution in [2.24, 2.45) is 0 Å². The molecule has 11 heteroatoms. The molecule has 1 saturated heterocycles. The van der Waals surface area contributed by atoms with E-state index in [2.05, 4.69) is 5.32 Å². The summed E-state index contributed by atoms with van der Waals surface area (Å²) in [6, 6.07) is 7.73. The molecule has 0 aromatic heterocycles. The molecular formula is C23H26N2O8S. The maximum atomic E-state index is 13.4. The van der Waals surface area contributed by atoms with Gasteiger partial charge in [0.25, 0.3) is 0 Å². The minimum atomic E-state index is -4.00. The first-order valence-electron chi connectivity index (χ1n) is 10.4. The van der Waals surface area contributed by atoms with Gasteiger partial charge in [-0.05, 0) is 49.6 Å². The molecule has 10 nitrogen and oxygen atoms in total. The van der Waals surface area contributed by atoms with E-state index in [-0.39, 0.29) is 28.3 Å². The second-order valence-corrected chi connectivity index (χ2v) is 9.54. The number of benzene rings is 2. The van der Waals surface area contributed by atoms with Gasteiger partial charge >= 0.3 is 11.9 Å². The van der Waals surface area contributed by atoms with Gasteiger partial charge in [0.2, 0.25) is 15.9 Å². The SMILES string of the molecule is COC(=O)c1cc(NC(=O)C2CCCN2S(=O)(=O)c2cc(OC)ccc2C)cc(C(=O)OC)c1. The Morgan fingerprint density at radius 3 is 2.15 bits per heavy atom. The van der Waals surface area contributed by atoms with Crippen LogP contribution in [0.2, 0.25) is 0 Å². The lowest BCUT2D eigenvalue weighted by atomic mass is 10.1. The molecule has 1 amide bonds. The third-order valence-electron chi connectivity index (χ3n) is 5.53. The van der Waals surface area contributed by atoms with Crippen molar-refractivity contribution >= 4 is 33.6 Å². The van der Waals surface area contributed by atoms with Gasteiger partial charge in [-0.2, -0.15) is 4.31 Å². The Bertz CT molecular complexity index is 1190. The van der Waals surface area contributed by atoms with E-state index in [4.69, 9.17) is 14.2 Å². The van der Waals surface area contributed by atoms with E-state index in [1.807, 2.05) is 0 Å². The Morgan fingerprint density at radius 1 is 0.971 bits per heavy atom. The highest BCUT2D eigenvalue weighted by molar-refractivity contribution is 7.89. The monoisotopic (exact) mass is 490 g/mol. The molecular weight excluding hydrogens is 464 g/mol. The summed E-state index contributed by atoms with van der Waals surface area (Å²) in [5.74, 6) is -1.61. The van der Waals surface area contributed by atoms with E-state index in [1.165, 1.54) is 45.6 Å². The first-order valence-corrected chi connectivity index (χ1v) is 11.9. The third-order valence-corrected chi connectivity index (χ3v) is 7.58. The van der Waals surface area contributed by atoms with Gasteiger partial charge in [-0.25, -0.2) is 18.0 Å². The number of hydrogen-bond acceptors (Lipinski definition) is 8. The highest BCUT2D eigenvalue weighted by Crippen LogP contribution is 2.31. The van der Waals surface area contributed by atoms with Gasteiger partial charge in [-0.3, -0.25) is 4.79 Å². The van der Waals surface area contributed by atoms with E-state index in [1.54, 1.807) is 19.1 Å². The number of methoxy groups -OCH3 is 3. The topological polar surface area (TPSA) is 128 Å². The van der Waals surface area contributed by atoms with Crippen molar-refractivity contribution in [1.29, 1.82) is 0 Å². The van der Waals surface area contributed by atoms with Gasteiger partial charge in [0.15, 0.2) is 0 Å². The minimum absolute atomic E-state index is 0.0311. The number of anilines is 1. The number of hydrogen-bond donors (Lipinski definition) is 1. The van der Waals surface area contributed by atoms with Crippen molar-refractivity contribution in [2.75, 3.05) is 33.2 Å². The summed E-state index contributed by atoms with van der Waals surface area (Å²) in [4.78, 5) is 37.2. The summed E-state index contributed by atoms with van der Waals surface area (Å²) >= 11 is 0. The molecule has 1 N–H and O–H groups in total. The van der Waals surface area contributed by atoms with Crippen LogP contribution in [0.4, 0.5) is 5.69 Å². The summed E-state index contributed by atoms with van der Waals surface area (Å²) in [7, 11) is -0.177. The van der Waals surface area contributed by atoms with Gasteiger partial charge in [0.1, 0.15) is 11.8 Å². The molecule has 0 bridgehead atoms. The van der Waals surface area contributed by atoms with Gasteiger partial charge in [-0.15, -0.1) is 0 Å². The van der Waals surface area contributed by atoms with Crippen molar-refractivity contribution in [3.05, 3.63) is 53.1 Å². The molecule has 1 atom stereocenters. The first-order chi connectivity index (χ1) is 16.1. The van der Waals surface area contributed by atoms with Crippen molar-refractivity contribution < 1.29 is 37.0 Å². The Hall–Kier alpha value is -3.44. The van der Waals surface area contributed by atoms with Crippen LogP contribution in [0.25, 0.3) is 0 Å². The van der Waals surface area contributed by atoms with E-state index >= 15 is 0 Å². The number of rotatable bonds is 7. The third kappa shape index (κ3) is 5.05. The quantitative estimate of drug-likeness (QED) is 0.586. The molecule has 1 fully saturated rings. The van der Waals surface area contributed by atoms with Crippen LogP contribution in [0.3, 0.4) is 0 Å². The van der Waals surface area contributed by atoms with Gasteiger partial charge < -0.3 is 19.5 Å². The first kappa shape index (κ1) is 25.2. The van der Waals surface area contributed by atoms with Crippen LogP contribution in [0.5, 0.6) is 5.75 Å².